The topological polar surface area (TPSA) is 99.5 Å². The normalized spacial score (nSPS) is 29.2. The van der Waals surface area contributed by atoms with E-state index in [1.165, 1.54) is 0 Å². The van der Waals surface area contributed by atoms with Gasteiger partial charge < -0.3 is 10.1 Å². The van der Waals surface area contributed by atoms with Gasteiger partial charge in [0.2, 0.25) is 0 Å². The third kappa shape index (κ3) is 2.33. The molecular weight excluding hydrogens is 262 g/mol. The van der Waals surface area contributed by atoms with Crippen molar-refractivity contribution in [1.29, 1.82) is 5.26 Å². The third-order valence-electron chi connectivity index (χ3n) is 4.09. The van der Waals surface area contributed by atoms with Crippen LogP contribution in [0.1, 0.15) is 32.6 Å². The van der Waals surface area contributed by atoms with E-state index in [1.807, 2.05) is 6.92 Å². The monoisotopic (exact) mass is 279 g/mol. The second kappa shape index (κ2) is 5.49. The zero-order chi connectivity index (χ0) is 14.8. The molecule has 0 aromatic carbocycles. The van der Waals surface area contributed by atoms with Crippen LogP contribution in [0.2, 0.25) is 0 Å². The summed E-state index contributed by atoms with van der Waals surface area (Å²) >= 11 is 0. The SMILES string of the molecule is C[C@H]1CCCC[C@]12NC(=O)N(CC(=O)OCC#N)C2=O. The number of amides is 3. The van der Waals surface area contributed by atoms with Crippen molar-refractivity contribution in [2.45, 2.75) is 38.1 Å². The lowest BCUT2D eigenvalue weighted by atomic mass is 9.73. The number of hydrogen-bond acceptors (Lipinski definition) is 5. The Labute approximate surface area is 116 Å². The molecule has 0 unspecified atom stereocenters. The van der Waals surface area contributed by atoms with Crippen LogP contribution in [0.4, 0.5) is 4.79 Å². The molecule has 0 aromatic heterocycles. The van der Waals surface area contributed by atoms with Gasteiger partial charge in [-0.15, -0.1) is 0 Å². The van der Waals surface area contributed by atoms with Crippen molar-refractivity contribution in [3.8, 4) is 6.07 Å². The molecule has 2 rings (SSSR count). The van der Waals surface area contributed by atoms with Crippen molar-refractivity contribution >= 4 is 17.9 Å². The van der Waals surface area contributed by atoms with Crippen LogP contribution >= 0.6 is 0 Å². The fourth-order valence-corrected chi connectivity index (χ4v) is 2.93. The van der Waals surface area contributed by atoms with Crippen LogP contribution in [0.15, 0.2) is 0 Å². The van der Waals surface area contributed by atoms with Crippen molar-refractivity contribution < 1.29 is 19.1 Å². The van der Waals surface area contributed by atoms with Gasteiger partial charge in [0.15, 0.2) is 6.61 Å². The van der Waals surface area contributed by atoms with Crippen LogP contribution in [-0.4, -0.2) is 41.5 Å². The van der Waals surface area contributed by atoms with Gasteiger partial charge in [0.25, 0.3) is 5.91 Å². The number of hydrogen-bond donors (Lipinski definition) is 1. The van der Waals surface area contributed by atoms with Gasteiger partial charge in [-0.3, -0.25) is 14.5 Å². The largest absolute Gasteiger partial charge is 0.449 e. The molecule has 0 bridgehead atoms. The zero-order valence-electron chi connectivity index (χ0n) is 11.3. The summed E-state index contributed by atoms with van der Waals surface area (Å²) in [5.74, 6) is -1.06. The highest BCUT2D eigenvalue weighted by molar-refractivity contribution is 6.08. The van der Waals surface area contributed by atoms with E-state index in [1.54, 1.807) is 6.07 Å². The first-order valence-electron chi connectivity index (χ1n) is 6.68. The maximum Gasteiger partial charge on any atom is 0.327 e. The number of carbonyl (C=O) groups excluding carboxylic acids is 3. The summed E-state index contributed by atoms with van der Waals surface area (Å²) in [6.07, 6.45) is 3.39. The van der Waals surface area contributed by atoms with Crippen LogP contribution in [-0.2, 0) is 14.3 Å². The summed E-state index contributed by atoms with van der Waals surface area (Å²) in [5.41, 5.74) is -0.870. The molecule has 20 heavy (non-hydrogen) atoms. The summed E-state index contributed by atoms with van der Waals surface area (Å²) in [5, 5.41) is 11.1. The molecule has 1 spiro atoms. The molecule has 1 N–H and O–H groups in total. The second-order valence-electron chi connectivity index (χ2n) is 5.26. The van der Waals surface area contributed by atoms with Gasteiger partial charge >= 0.3 is 12.0 Å². The predicted molar refractivity (Wildman–Crippen MR) is 67.2 cm³/mol. The molecule has 108 valence electrons. The minimum atomic E-state index is -0.870. The highest BCUT2D eigenvalue weighted by Crippen LogP contribution is 2.38. The number of imide groups is 1. The van der Waals surface area contributed by atoms with Crippen LogP contribution in [0.25, 0.3) is 0 Å². The maximum absolute atomic E-state index is 12.5. The van der Waals surface area contributed by atoms with E-state index >= 15 is 0 Å². The lowest BCUT2D eigenvalue weighted by Gasteiger charge is -2.36. The number of nitrogens with one attached hydrogen (secondary N) is 1. The number of esters is 1. The molecule has 0 radical (unpaired) electrons. The van der Waals surface area contributed by atoms with E-state index in [9.17, 15) is 14.4 Å². The maximum atomic E-state index is 12.5. The fourth-order valence-electron chi connectivity index (χ4n) is 2.93. The predicted octanol–water partition coefficient (Wildman–Crippen LogP) is 0.554. The molecule has 1 saturated heterocycles. The molecule has 1 aliphatic carbocycles. The van der Waals surface area contributed by atoms with Crippen molar-refractivity contribution in [1.82, 2.24) is 10.2 Å². The molecular formula is C13H17N3O4. The molecule has 2 fully saturated rings. The summed E-state index contributed by atoms with van der Waals surface area (Å²) in [4.78, 5) is 36.8. The van der Waals surface area contributed by atoms with Crippen LogP contribution in [0.3, 0.4) is 0 Å². The van der Waals surface area contributed by atoms with Gasteiger partial charge in [-0.05, 0) is 18.8 Å². The molecule has 7 heteroatoms. The van der Waals surface area contributed by atoms with E-state index in [0.29, 0.717) is 6.42 Å². The van der Waals surface area contributed by atoms with Crippen molar-refractivity contribution in [3.05, 3.63) is 0 Å². The number of nitrogens with zero attached hydrogens (tertiary/aromatic N) is 2. The first-order chi connectivity index (χ1) is 9.51. The molecule has 2 aliphatic rings. The Morgan fingerprint density at radius 1 is 1.55 bits per heavy atom. The highest BCUT2D eigenvalue weighted by atomic mass is 16.5. The van der Waals surface area contributed by atoms with E-state index in [4.69, 9.17) is 5.26 Å². The lowest BCUT2D eigenvalue weighted by molar-refractivity contribution is -0.147. The fraction of sp³-hybridized carbons (Fsp3) is 0.692. The quantitative estimate of drug-likeness (QED) is 0.601. The molecule has 1 heterocycles. The minimum Gasteiger partial charge on any atom is -0.449 e. The number of carbonyl (C=O) groups is 3. The Hall–Kier alpha value is -2.10. The first-order valence-corrected chi connectivity index (χ1v) is 6.68. The molecule has 2 atom stereocenters. The minimum absolute atomic E-state index is 0.0489. The van der Waals surface area contributed by atoms with E-state index in [2.05, 4.69) is 10.1 Å². The Morgan fingerprint density at radius 3 is 2.95 bits per heavy atom. The van der Waals surface area contributed by atoms with Crippen molar-refractivity contribution in [3.63, 3.8) is 0 Å². The lowest BCUT2D eigenvalue weighted by Crippen LogP contribution is -2.54. The van der Waals surface area contributed by atoms with E-state index in [0.717, 1.165) is 24.2 Å². The molecule has 1 saturated carbocycles. The average Bonchev–Trinajstić information content (AvgIpc) is 2.65. The Balaban J connectivity index is 2.09. The summed E-state index contributed by atoms with van der Waals surface area (Å²) in [6.45, 7) is 1.11. The standard InChI is InChI=1S/C13H17N3O4/c1-9-4-2-3-5-13(9)11(18)16(12(19)15-13)8-10(17)20-7-6-14/h9H,2-5,7-8H2,1H3,(H,15,19)/t9-,13-/m0/s1. The molecule has 1 aliphatic heterocycles. The van der Waals surface area contributed by atoms with Crippen molar-refractivity contribution in [2.75, 3.05) is 13.2 Å². The first kappa shape index (κ1) is 14.3. The summed E-state index contributed by atoms with van der Waals surface area (Å²) < 4.78 is 4.58. The zero-order valence-corrected chi connectivity index (χ0v) is 11.3. The van der Waals surface area contributed by atoms with Gasteiger partial charge in [-0.1, -0.05) is 19.8 Å². The van der Waals surface area contributed by atoms with Crippen LogP contribution in [0.5, 0.6) is 0 Å². The van der Waals surface area contributed by atoms with E-state index < -0.39 is 24.1 Å². The number of nitriles is 1. The van der Waals surface area contributed by atoms with Gasteiger partial charge in [0.05, 0.1) is 0 Å². The van der Waals surface area contributed by atoms with Crippen LogP contribution < -0.4 is 5.32 Å². The Bertz CT molecular complexity index is 484. The van der Waals surface area contributed by atoms with E-state index in [-0.39, 0.29) is 18.4 Å². The Morgan fingerprint density at radius 2 is 2.30 bits per heavy atom. The van der Waals surface area contributed by atoms with Crippen molar-refractivity contribution in [2.24, 2.45) is 5.92 Å². The second-order valence-corrected chi connectivity index (χ2v) is 5.26. The molecule has 0 aromatic rings. The summed E-state index contributed by atoms with van der Waals surface area (Å²) in [7, 11) is 0. The number of rotatable bonds is 3. The van der Waals surface area contributed by atoms with Gasteiger partial charge in [0.1, 0.15) is 18.2 Å². The Kier molecular flexibility index (Phi) is 3.93. The number of ether oxygens (including phenoxy) is 1. The number of urea groups is 1. The molecule has 3 amide bonds. The van der Waals surface area contributed by atoms with Gasteiger partial charge in [-0.2, -0.15) is 5.26 Å². The average molecular weight is 279 g/mol. The molecule has 7 nitrogen and oxygen atoms in total. The van der Waals surface area contributed by atoms with Gasteiger partial charge in [-0.25, -0.2) is 4.79 Å². The third-order valence-corrected chi connectivity index (χ3v) is 4.09. The van der Waals surface area contributed by atoms with Gasteiger partial charge in [0, 0.05) is 0 Å². The highest BCUT2D eigenvalue weighted by Gasteiger charge is 2.55. The summed E-state index contributed by atoms with van der Waals surface area (Å²) in [6, 6.07) is 1.11. The van der Waals surface area contributed by atoms with Crippen LogP contribution in [0, 0.1) is 17.2 Å². The smallest absolute Gasteiger partial charge is 0.327 e.